The summed E-state index contributed by atoms with van der Waals surface area (Å²) in [5, 5.41) is 32.9. The van der Waals surface area contributed by atoms with Crippen molar-refractivity contribution in [3.63, 3.8) is 0 Å². The Morgan fingerprint density at radius 2 is 1.68 bits per heavy atom. The van der Waals surface area contributed by atoms with Gasteiger partial charge in [-0.05, 0) is 37.0 Å². The highest BCUT2D eigenvalue weighted by Gasteiger charge is 2.38. The lowest BCUT2D eigenvalue weighted by Crippen LogP contribution is -2.57. The molecule has 0 unspecified atom stereocenters. The van der Waals surface area contributed by atoms with Crippen LogP contribution >= 0.6 is 0 Å². The number of carboxylic acids is 3. The molecule has 0 bridgehead atoms. The van der Waals surface area contributed by atoms with Crippen molar-refractivity contribution in [3.05, 3.63) is 29.8 Å². The number of rotatable bonds is 16. The molecule has 16 nitrogen and oxygen atoms in total. The van der Waals surface area contributed by atoms with Crippen molar-refractivity contribution in [1.82, 2.24) is 10.2 Å². The third-order valence-corrected chi connectivity index (χ3v) is 5.49. The van der Waals surface area contributed by atoms with Gasteiger partial charge in [0.2, 0.25) is 11.8 Å². The molecule has 0 spiro atoms. The van der Waals surface area contributed by atoms with Crippen molar-refractivity contribution in [1.29, 1.82) is 0 Å². The lowest BCUT2D eigenvalue weighted by molar-refractivity contribution is -0.157. The summed E-state index contributed by atoms with van der Waals surface area (Å²) in [6.45, 7) is 2.14. The van der Waals surface area contributed by atoms with E-state index >= 15 is 0 Å². The number of nitrogens with two attached hydrogens (primary N) is 3. The van der Waals surface area contributed by atoms with Crippen LogP contribution in [0.25, 0.3) is 0 Å². The summed E-state index contributed by atoms with van der Waals surface area (Å²) in [7, 11) is 0. The van der Waals surface area contributed by atoms with Gasteiger partial charge in [0.1, 0.15) is 18.6 Å². The zero-order chi connectivity index (χ0) is 30.6. The Balaban J connectivity index is 3.10. The molecule has 3 atom stereocenters. The Kier molecular flexibility index (Phi) is 13.0. The Hall–Kier alpha value is -4.73. The number of amides is 3. The molecule has 0 radical (unpaired) electrons. The van der Waals surface area contributed by atoms with Crippen LogP contribution in [-0.2, 0) is 24.0 Å². The maximum atomic E-state index is 13.2. The number of carbonyl (C=O) groups excluding carboxylic acids is 3. The van der Waals surface area contributed by atoms with E-state index in [4.69, 9.17) is 17.2 Å². The van der Waals surface area contributed by atoms with Gasteiger partial charge in [0, 0.05) is 17.8 Å². The topological polar surface area (TPSA) is 281 Å². The van der Waals surface area contributed by atoms with Crippen LogP contribution in [0, 0.1) is 5.92 Å². The van der Waals surface area contributed by atoms with E-state index in [-0.39, 0.29) is 30.2 Å². The average molecular weight is 566 g/mol. The van der Waals surface area contributed by atoms with Gasteiger partial charge in [-0.15, -0.1) is 0 Å². The molecular formula is C24H35N7O9. The van der Waals surface area contributed by atoms with Crippen LogP contribution in [0.4, 0.5) is 5.69 Å². The van der Waals surface area contributed by atoms with Crippen LogP contribution in [0.3, 0.4) is 0 Å². The molecule has 0 aromatic heterocycles. The summed E-state index contributed by atoms with van der Waals surface area (Å²) in [5.41, 5.74) is 16.4. The second kappa shape index (κ2) is 15.6. The number of carbonyl (C=O) groups is 6. The highest BCUT2D eigenvalue weighted by atomic mass is 16.4. The Morgan fingerprint density at radius 1 is 1.02 bits per heavy atom. The van der Waals surface area contributed by atoms with Crippen molar-refractivity contribution in [2.75, 3.05) is 18.4 Å². The zero-order valence-electron chi connectivity index (χ0n) is 22.1. The lowest BCUT2D eigenvalue weighted by Gasteiger charge is -2.32. The number of carboxylic acid groups (broad SMARTS) is 3. The van der Waals surface area contributed by atoms with E-state index in [1.165, 1.54) is 38.1 Å². The highest BCUT2D eigenvalue weighted by Crippen LogP contribution is 2.16. The first-order valence-corrected chi connectivity index (χ1v) is 12.1. The molecule has 40 heavy (non-hydrogen) atoms. The molecule has 1 rings (SSSR count). The van der Waals surface area contributed by atoms with Gasteiger partial charge < -0.3 is 48.1 Å². The number of aliphatic carboxylic acids is 3. The van der Waals surface area contributed by atoms with Gasteiger partial charge in [0.25, 0.3) is 5.91 Å². The van der Waals surface area contributed by atoms with E-state index in [0.29, 0.717) is 11.3 Å². The number of anilines is 1. The maximum absolute atomic E-state index is 13.2. The van der Waals surface area contributed by atoms with Gasteiger partial charge in [0.15, 0.2) is 5.96 Å². The first-order valence-electron chi connectivity index (χ1n) is 12.1. The molecule has 0 heterocycles. The van der Waals surface area contributed by atoms with E-state index in [2.05, 4.69) is 15.6 Å². The maximum Gasteiger partial charge on any atom is 0.326 e. The average Bonchev–Trinajstić information content (AvgIpc) is 2.84. The fourth-order valence-corrected chi connectivity index (χ4v) is 3.68. The molecule has 11 N–H and O–H groups in total. The minimum atomic E-state index is -1.79. The van der Waals surface area contributed by atoms with Crippen LogP contribution < -0.4 is 27.8 Å². The third-order valence-electron chi connectivity index (χ3n) is 5.49. The van der Waals surface area contributed by atoms with E-state index in [9.17, 15) is 44.1 Å². The van der Waals surface area contributed by atoms with Gasteiger partial charge in [0.05, 0.1) is 12.5 Å². The van der Waals surface area contributed by atoms with E-state index in [1.54, 1.807) is 0 Å². The minimum absolute atomic E-state index is 0.0780. The summed E-state index contributed by atoms with van der Waals surface area (Å²) in [6.07, 6.45) is -0.245. The van der Waals surface area contributed by atoms with Crippen LogP contribution in [0.15, 0.2) is 29.3 Å². The summed E-state index contributed by atoms with van der Waals surface area (Å²) in [5.74, 6) is -8.03. The van der Waals surface area contributed by atoms with Crippen molar-refractivity contribution in [2.45, 2.75) is 51.2 Å². The molecule has 220 valence electrons. The summed E-state index contributed by atoms with van der Waals surface area (Å²) < 4.78 is 0. The van der Waals surface area contributed by atoms with Crippen LogP contribution in [0.2, 0.25) is 0 Å². The molecule has 0 aliphatic carbocycles. The standard InChI is InChI=1S/C24H35N7O9/c1-12(2)19(23(39)40)31(11-18(34)35)22(38)16(10-17(32)33)30-20(36)13-5-3-6-14(9-13)29-21(37)15(25)7-4-8-28-24(26)27/h3,5-6,9,12,15-16,19H,4,7-8,10-11,25H2,1-2H3,(H,29,37)(H,30,36)(H,32,33)(H,34,35)(H,39,40)(H4,26,27,28)/t15-,16-,19-/m0/s1. The van der Waals surface area contributed by atoms with Gasteiger partial charge >= 0.3 is 17.9 Å². The molecule has 3 amide bonds. The summed E-state index contributed by atoms with van der Waals surface area (Å²) in [4.78, 5) is 77.5. The normalized spacial score (nSPS) is 12.9. The fraction of sp³-hybridized carbons (Fsp3) is 0.458. The summed E-state index contributed by atoms with van der Waals surface area (Å²) in [6, 6.07) is 1.17. The molecule has 0 fully saturated rings. The predicted octanol–water partition coefficient (Wildman–Crippen LogP) is -1.40. The molecule has 0 saturated carbocycles. The molecule has 0 aliphatic rings. The Labute approximate surface area is 229 Å². The van der Waals surface area contributed by atoms with E-state index in [0.717, 1.165) is 0 Å². The third kappa shape index (κ3) is 10.9. The Morgan fingerprint density at radius 3 is 2.20 bits per heavy atom. The van der Waals surface area contributed by atoms with Crippen LogP contribution in [0.5, 0.6) is 0 Å². The SMILES string of the molecule is CC(C)[C@@H](C(=O)O)N(CC(=O)O)C(=O)[C@H](CC(=O)O)NC(=O)c1cccc(NC(=O)[C@@H](N)CCCN=C(N)N)c1. The summed E-state index contributed by atoms with van der Waals surface area (Å²) >= 11 is 0. The minimum Gasteiger partial charge on any atom is -0.481 e. The Bertz CT molecular complexity index is 1140. The largest absolute Gasteiger partial charge is 0.481 e. The molecular weight excluding hydrogens is 530 g/mol. The molecule has 1 aromatic rings. The van der Waals surface area contributed by atoms with Crippen molar-refractivity contribution >= 4 is 47.3 Å². The molecule has 16 heteroatoms. The fourth-order valence-electron chi connectivity index (χ4n) is 3.68. The second-order valence-electron chi connectivity index (χ2n) is 9.14. The molecule has 0 saturated heterocycles. The molecule has 0 aliphatic heterocycles. The number of guanidine groups is 1. The highest BCUT2D eigenvalue weighted by molar-refractivity contribution is 6.01. The van der Waals surface area contributed by atoms with Crippen molar-refractivity contribution < 1.29 is 44.1 Å². The number of nitrogens with zero attached hydrogens (tertiary/aromatic N) is 2. The van der Waals surface area contributed by atoms with Crippen molar-refractivity contribution in [3.8, 4) is 0 Å². The van der Waals surface area contributed by atoms with Crippen LogP contribution in [-0.4, -0.2) is 93.0 Å². The second-order valence-corrected chi connectivity index (χ2v) is 9.14. The number of hydrogen-bond acceptors (Lipinski definition) is 8. The monoisotopic (exact) mass is 565 g/mol. The number of benzene rings is 1. The first kappa shape index (κ1) is 33.3. The first-order chi connectivity index (χ1) is 18.6. The number of aliphatic imine (C=N–C) groups is 1. The number of nitrogens with one attached hydrogen (secondary N) is 2. The zero-order valence-corrected chi connectivity index (χ0v) is 22.1. The van der Waals surface area contributed by atoms with Gasteiger partial charge in [-0.2, -0.15) is 0 Å². The van der Waals surface area contributed by atoms with Gasteiger partial charge in [-0.3, -0.25) is 29.0 Å². The lowest BCUT2D eigenvalue weighted by atomic mass is 10.0. The van der Waals surface area contributed by atoms with Crippen LogP contribution in [0.1, 0.15) is 43.5 Å². The van der Waals surface area contributed by atoms with Gasteiger partial charge in [-0.1, -0.05) is 19.9 Å². The smallest absolute Gasteiger partial charge is 0.326 e. The van der Waals surface area contributed by atoms with E-state index in [1.807, 2.05) is 0 Å². The van der Waals surface area contributed by atoms with Crippen molar-refractivity contribution in [2.24, 2.45) is 28.1 Å². The number of hydrogen-bond donors (Lipinski definition) is 8. The molecule has 1 aromatic carbocycles. The quantitative estimate of drug-likeness (QED) is 0.0652. The van der Waals surface area contributed by atoms with Gasteiger partial charge in [-0.25, -0.2) is 4.79 Å². The predicted molar refractivity (Wildman–Crippen MR) is 142 cm³/mol. The van der Waals surface area contributed by atoms with E-state index < -0.39 is 72.6 Å².